The highest BCUT2D eigenvalue weighted by Gasteiger charge is 2.16. The first-order chi connectivity index (χ1) is 8.76. The Morgan fingerprint density at radius 2 is 2.11 bits per heavy atom. The Morgan fingerprint density at radius 3 is 2.72 bits per heavy atom. The summed E-state index contributed by atoms with van der Waals surface area (Å²) >= 11 is 1.68. The zero-order valence-corrected chi connectivity index (χ0v) is 11.1. The zero-order valence-electron chi connectivity index (χ0n) is 10.3. The number of imidazole rings is 1. The normalized spacial score (nSPS) is 10.3. The van der Waals surface area contributed by atoms with Crippen molar-refractivity contribution in [2.75, 3.05) is 12.9 Å². The van der Waals surface area contributed by atoms with Gasteiger partial charge in [-0.05, 0) is 25.3 Å². The minimum absolute atomic E-state index is 0.328. The zero-order chi connectivity index (χ0) is 13.0. The fraction of sp³-hybridized carbons (Fsp3) is 0.231. The van der Waals surface area contributed by atoms with E-state index >= 15 is 0 Å². The molecule has 4 nitrogen and oxygen atoms in total. The molecule has 0 amide bonds. The van der Waals surface area contributed by atoms with Crippen LogP contribution in [-0.2, 0) is 4.74 Å². The lowest BCUT2D eigenvalue weighted by molar-refractivity contribution is 0.0521. The van der Waals surface area contributed by atoms with Crippen molar-refractivity contribution in [1.29, 1.82) is 0 Å². The number of thioether (sulfide) groups is 1. The van der Waals surface area contributed by atoms with E-state index < -0.39 is 5.97 Å². The number of hydrogen-bond acceptors (Lipinski definition) is 4. The maximum atomic E-state index is 11.7. The van der Waals surface area contributed by atoms with Crippen LogP contribution in [0.2, 0.25) is 0 Å². The van der Waals surface area contributed by atoms with E-state index in [1.54, 1.807) is 18.7 Å². The molecule has 0 saturated heterocycles. The SMILES string of the molecule is CCOC(=O)c1nc[nH]c1-c1ccc(SC)cc1. The molecule has 0 aliphatic rings. The topological polar surface area (TPSA) is 55.0 Å². The van der Waals surface area contributed by atoms with Gasteiger partial charge < -0.3 is 9.72 Å². The summed E-state index contributed by atoms with van der Waals surface area (Å²) in [5, 5.41) is 0. The van der Waals surface area contributed by atoms with E-state index in [1.165, 1.54) is 11.2 Å². The Labute approximate surface area is 110 Å². The highest BCUT2D eigenvalue weighted by atomic mass is 32.2. The highest BCUT2D eigenvalue weighted by molar-refractivity contribution is 7.98. The summed E-state index contributed by atoms with van der Waals surface area (Å²) in [6.07, 6.45) is 3.53. The number of H-pyrrole nitrogens is 1. The molecule has 1 aromatic carbocycles. The molecule has 18 heavy (non-hydrogen) atoms. The monoisotopic (exact) mass is 262 g/mol. The number of nitrogens with one attached hydrogen (secondary N) is 1. The first kappa shape index (κ1) is 12.7. The smallest absolute Gasteiger partial charge is 0.359 e. The lowest BCUT2D eigenvalue weighted by Gasteiger charge is -2.03. The number of esters is 1. The van der Waals surface area contributed by atoms with Crippen molar-refractivity contribution in [2.24, 2.45) is 0 Å². The third-order valence-corrected chi connectivity index (χ3v) is 3.23. The van der Waals surface area contributed by atoms with Crippen LogP contribution in [0.1, 0.15) is 17.4 Å². The number of carbonyl (C=O) groups is 1. The summed E-state index contributed by atoms with van der Waals surface area (Å²) in [5.74, 6) is -0.400. The fourth-order valence-corrected chi connectivity index (χ4v) is 2.03. The summed E-state index contributed by atoms with van der Waals surface area (Å²) < 4.78 is 4.97. The number of benzene rings is 1. The molecule has 0 aliphatic carbocycles. The Balaban J connectivity index is 2.32. The first-order valence-corrected chi connectivity index (χ1v) is 6.83. The van der Waals surface area contributed by atoms with Gasteiger partial charge >= 0.3 is 5.97 Å². The number of aromatic nitrogens is 2. The van der Waals surface area contributed by atoms with E-state index in [1.807, 2.05) is 30.5 Å². The van der Waals surface area contributed by atoms with Gasteiger partial charge in [-0.25, -0.2) is 9.78 Å². The molecule has 94 valence electrons. The summed E-state index contributed by atoms with van der Waals surface area (Å²) in [6, 6.07) is 7.94. The van der Waals surface area contributed by atoms with E-state index in [2.05, 4.69) is 9.97 Å². The fourth-order valence-electron chi connectivity index (χ4n) is 1.63. The van der Waals surface area contributed by atoms with Gasteiger partial charge in [-0.15, -0.1) is 11.8 Å². The summed E-state index contributed by atoms with van der Waals surface area (Å²) in [7, 11) is 0. The Bertz CT molecular complexity index is 534. The van der Waals surface area contributed by atoms with Crippen molar-refractivity contribution in [1.82, 2.24) is 9.97 Å². The molecular weight excluding hydrogens is 248 g/mol. The summed E-state index contributed by atoms with van der Waals surface area (Å²) in [6.45, 7) is 2.12. The van der Waals surface area contributed by atoms with Gasteiger partial charge in [0.15, 0.2) is 5.69 Å². The van der Waals surface area contributed by atoms with Crippen LogP contribution in [0.3, 0.4) is 0 Å². The molecule has 0 unspecified atom stereocenters. The van der Waals surface area contributed by atoms with Crippen LogP contribution in [0.5, 0.6) is 0 Å². The van der Waals surface area contributed by atoms with Gasteiger partial charge in [0, 0.05) is 10.5 Å². The van der Waals surface area contributed by atoms with Crippen molar-refractivity contribution in [3.05, 3.63) is 36.3 Å². The Hall–Kier alpha value is -1.75. The minimum atomic E-state index is -0.400. The van der Waals surface area contributed by atoms with Crippen molar-refractivity contribution >= 4 is 17.7 Å². The Kier molecular flexibility index (Phi) is 4.04. The molecule has 1 heterocycles. The van der Waals surface area contributed by atoms with Crippen molar-refractivity contribution < 1.29 is 9.53 Å². The molecule has 0 fully saturated rings. The molecule has 0 spiro atoms. The molecular formula is C13H14N2O2S. The average Bonchev–Trinajstić information content (AvgIpc) is 2.88. The van der Waals surface area contributed by atoms with Gasteiger partial charge in [-0.2, -0.15) is 0 Å². The van der Waals surface area contributed by atoms with Crippen molar-refractivity contribution in [3.63, 3.8) is 0 Å². The predicted octanol–water partition coefficient (Wildman–Crippen LogP) is 2.98. The quantitative estimate of drug-likeness (QED) is 0.680. The van der Waals surface area contributed by atoms with Crippen LogP contribution in [0.25, 0.3) is 11.3 Å². The molecule has 0 aliphatic heterocycles. The van der Waals surface area contributed by atoms with Crippen LogP contribution in [0, 0.1) is 0 Å². The number of rotatable bonds is 4. The standard InChI is InChI=1S/C13H14N2O2S/c1-3-17-13(16)12-11(14-8-15-12)9-4-6-10(18-2)7-5-9/h4-8H,3H2,1-2H3,(H,14,15). The van der Waals surface area contributed by atoms with Crippen LogP contribution in [-0.4, -0.2) is 28.8 Å². The largest absolute Gasteiger partial charge is 0.461 e. The van der Waals surface area contributed by atoms with Crippen molar-refractivity contribution in [3.8, 4) is 11.3 Å². The number of ether oxygens (including phenoxy) is 1. The number of hydrogen-bond donors (Lipinski definition) is 1. The molecule has 0 radical (unpaired) electrons. The molecule has 5 heteroatoms. The molecule has 0 bridgehead atoms. The molecule has 0 atom stereocenters. The minimum Gasteiger partial charge on any atom is -0.461 e. The predicted molar refractivity (Wildman–Crippen MR) is 71.8 cm³/mol. The Morgan fingerprint density at radius 1 is 1.39 bits per heavy atom. The number of nitrogens with zero attached hydrogens (tertiary/aromatic N) is 1. The third kappa shape index (κ3) is 2.56. The van der Waals surface area contributed by atoms with E-state index in [-0.39, 0.29) is 0 Å². The van der Waals surface area contributed by atoms with Gasteiger partial charge in [0.2, 0.25) is 0 Å². The van der Waals surface area contributed by atoms with Gasteiger partial charge in [-0.3, -0.25) is 0 Å². The molecule has 2 rings (SSSR count). The van der Waals surface area contributed by atoms with Crippen LogP contribution >= 0.6 is 11.8 Å². The van der Waals surface area contributed by atoms with E-state index in [0.717, 1.165) is 5.56 Å². The molecule has 1 aromatic heterocycles. The lowest BCUT2D eigenvalue weighted by Crippen LogP contribution is -2.06. The molecule has 0 saturated carbocycles. The van der Waals surface area contributed by atoms with Gasteiger partial charge in [-0.1, -0.05) is 12.1 Å². The van der Waals surface area contributed by atoms with E-state index in [0.29, 0.717) is 18.0 Å². The van der Waals surface area contributed by atoms with Gasteiger partial charge in [0.25, 0.3) is 0 Å². The average molecular weight is 262 g/mol. The van der Waals surface area contributed by atoms with E-state index in [4.69, 9.17) is 4.74 Å². The molecule has 1 N–H and O–H groups in total. The number of carbonyl (C=O) groups excluding carboxylic acids is 1. The highest BCUT2D eigenvalue weighted by Crippen LogP contribution is 2.24. The molecule has 2 aromatic rings. The maximum absolute atomic E-state index is 11.7. The van der Waals surface area contributed by atoms with Gasteiger partial charge in [0.1, 0.15) is 0 Å². The maximum Gasteiger partial charge on any atom is 0.359 e. The third-order valence-electron chi connectivity index (χ3n) is 2.49. The van der Waals surface area contributed by atoms with E-state index in [9.17, 15) is 4.79 Å². The van der Waals surface area contributed by atoms with Crippen LogP contribution in [0.4, 0.5) is 0 Å². The second kappa shape index (κ2) is 5.73. The summed E-state index contributed by atoms with van der Waals surface area (Å²) in [4.78, 5) is 19.9. The second-order valence-corrected chi connectivity index (χ2v) is 4.45. The van der Waals surface area contributed by atoms with Crippen LogP contribution < -0.4 is 0 Å². The lowest BCUT2D eigenvalue weighted by atomic mass is 10.1. The number of aromatic amines is 1. The van der Waals surface area contributed by atoms with Crippen LogP contribution in [0.15, 0.2) is 35.5 Å². The summed E-state index contributed by atoms with van der Waals surface area (Å²) in [5.41, 5.74) is 1.95. The van der Waals surface area contributed by atoms with Gasteiger partial charge in [0.05, 0.1) is 18.6 Å². The second-order valence-electron chi connectivity index (χ2n) is 3.58. The van der Waals surface area contributed by atoms with Crippen molar-refractivity contribution in [2.45, 2.75) is 11.8 Å². The first-order valence-electron chi connectivity index (χ1n) is 5.61.